The molecule has 0 amide bonds. The van der Waals surface area contributed by atoms with Crippen molar-refractivity contribution in [2.45, 2.75) is 74.1 Å². The van der Waals surface area contributed by atoms with Gasteiger partial charge in [-0.3, -0.25) is 4.98 Å². The maximum absolute atomic E-state index is 4.73. The van der Waals surface area contributed by atoms with Crippen molar-refractivity contribution >= 4 is 0 Å². The van der Waals surface area contributed by atoms with Crippen LogP contribution in [0.2, 0.25) is 0 Å². The molecule has 0 unspecified atom stereocenters. The summed E-state index contributed by atoms with van der Waals surface area (Å²) < 4.78 is 0. The zero-order valence-corrected chi connectivity index (χ0v) is 13.7. The molecule has 0 saturated heterocycles. The van der Waals surface area contributed by atoms with Gasteiger partial charge in [0.15, 0.2) is 0 Å². The highest BCUT2D eigenvalue weighted by Gasteiger charge is 2.26. The lowest BCUT2D eigenvalue weighted by Gasteiger charge is -2.30. The molecular formula is C17H29N. The summed E-state index contributed by atoms with van der Waals surface area (Å²) >= 11 is 0. The number of pyridine rings is 1. The van der Waals surface area contributed by atoms with Crippen LogP contribution in [0.5, 0.6) is 0 Å². The SMILES string of the molecule is Cc1nc(C)c(C(C)(C)C)c(CC(C)(C)C)c1C. The molecule has 0 atom stereocenters. The van der Waals surface area contributed by atoms with Crippen molar-refractivity contribution in [2.24, 2.45) is 5.41 Å². The van der Waals surface area contributed by atoms with Gasteiger partial charge in [0.2, 0.25) is 0 Å². The number of rotatable bonds is 1. The van der Waals surface area contributed by atoms with Gasteiger partial charge in [-0.05, 0) is 54.7 Å². The van der Waals surface area contributed by atoms with E-state index in [2.05, 4.69) is 62.3 Å². The second kappa shape index (κ2) is 4.68. The van der Waals surface area contributed by atoms with E-state index in [-0.39, 0.29) is 5.41 Å². The zero-order chi connectivity index (χ0) is 14.3. The highest BCUT2D eigenvalue weighted by atomic mass is 14.7. The van der Waals surface area contributed by atoms with Crippen LogP contribution < -0.4 is 0 Å². The molecule has 0 saturated carbocycles. The Bertz CT molecular complexity index is 442. The predicted molar refractivity (Wildman–Crippen MR) is 80.3 cm³/mol. The fourth-order valence-electron chi connectivity index (χ4n) is 2.76. The lowest BCUT2D eigenvalue weighted by atomic mass is 9.76. The number of hydrogen-bond acceptors (Lipinski definition) is 1. The van der Waals surface area contributed by atoms with Crippen molar-refractivity contribution in [3.63, 3.8) is 0 Å². The van der Waals surface area contributed by atoms with E-state index in [1.54, 1.807) is 0 Å². The minimum absolute atomic E-state index is 0.163. The molecule has 102 valence electrons. The number of hydrogen-bond donors (Lipinski definition) is 0. The fraction of sp³-hybridized carbons (Fsp3) is 0.706. The van der Waals surface area contributed by atoms with E-state index in [1.807, 2.05) is 0 Å². The smallest absolute Gasteiger partial charge is 0.0416 e. The Morgan fingerprint density at radius 2 is 1.33 bits per heavy atom. The summed E-state index contributed by atoms with van der Waals surface area (Å²) in [6.45, 7) is 20.3. The second-order valence-corrected chi connectivity index (χ2v) is 7.75. The summed E-state index contributed by atoms with van der Waals surface area (Å²) in [6.07, 6.45) is 1.12. The molecule has 0 aliphatic rings. The topological polar surface area (TPSA) is 12.9 Å². The molecule has 0 aliphatic heterocycles. The minimum Gasteiger partial charge on any atom is -0.258 e. The van der Waals surface area contributed by atoms with Crippen molar-refractivity contribution in [1.29, 1.82) is 0 Å². The molecule has 1 heterocycles. The Labute approximate surface area is 113 Å². The third kappa shape index (κ3) is 3.34. The van der Waals surface area contributed by atoms with Crippen LogP contribution in [0, 0.1) is 26.2 Å². The second-order valence-electron chi connectivity index (χ2n) is 7.75. The molecular weight excluding hydrogens is 218 g/mol. The van der Waals surface area contributed by atoms with Gasteiger partial charge in [-0.2, -0.15) is 0 Å². The third-order valence-electron chi connectivity index (χ3n) is 3.45. The van der Waals surface area contributed by atoms with Crippen molar-refractivity contribution in [3.05, 3.63) is 28.1 Å². The Hall–Kier alpha value is -0.850. The fourth-order valence-corrected chi connectivity index (χ4v) is 2.76. The van der Waals surface area contributed by atoms with E-state index in [0.717, 1.165) is 6.42 Å². The normalized spacial score (nSPS) is 12.9. The van der Waals surface area contributed by atoms with Gasteiger partial charge in [0.25, 0.3) is 0 Å². The predicted octanol–water partition coefficient (Wildman–Crippen LogP) is 4.89. The summed E-state index contributed by atoms with van der Waals surface area (Å²) in [4.78, 5) is 4.73. The van der Waals surface area contributed by atoms with Crippen molar-refractivity contribution < 1.29 is 0 Å². The molecule has 1 nitrogen and oxygen atoms in total. The van der Waals surface area contributed by atoms with Gasteiger partial charge in [0, 0.05) is 11.4 Å². The van der Waals surface area contributed by atoms with E-state index in [4.69, 9.17) is 4.98 Å². The zero-order valence-electron chi connectivity index (χ0n) is 13.7. The van der Waals surface area contributed by atoms with Crippen LogP contribution in [0.1, 0.15) is 69.6 Å². The highest BCUT2D eigenvalue weighted by molar-refractivity contribution is 5.43. The van der Waals surface area contributed by atoms with Crippen molar-refractivity contribution in [3.8, 4) is 0 Å². The maximum atomic E-state index is 4.73. The number of aryl methyl sites for hydroxylation is 2. The Kier molecular flexibility index (Phi) is 3.95. The molecule has 0 aromatic carbocycles. The first-order valence-corrected chi connectivity index (χ1v) is 6.90. The molecule has 1 rings (SSSR count). The van der Waals surface area contributed by atoms with E-state index in [9.17, 15) is 0 Å². The molecule has 18 heavy (non-hydrogen) atoms. The van der Waals surface area contributed by atoms with Gasteiger partial charge < -0.3 is 0 Å². The molecule has 0 N–H and O–H groups in total. The monoisotopic (exact) mass is 247 g/mol. The third-order valence-corrected chi connectivity index (χ3v) is 3.45. The highest BCUT2D eigenvalue weighted by Crippen LogP contribution is 2.35. The van der Waals surface area contributed by atoms with Gasteiger partial charge >= 0.3 is 0 Å². The molecule has 1 aromatic rings. The van der Waals surface area contributed by atoms with Crippen LogP contribution >= 0.6 is 0 Å². The molecule has 0 fully saturated rings. The molecule has 0 bridgehead atoms. The average molecular weight is 247 g/mol. The Morgan fingerprint density at radius 1 is 0.833 bits per heavy atom. The first-order valence-electron chi connectivity index (χ1n) is 6.90. The van der Waals surface area contributed by atoms with Crippen LogP contribution in [-0.2, 0) is 11.8 Å². The van der Waals surface area contributed by atoms with E-state index in [0.29, 0.717) is 5.41 Å². The quantitative estimate of drug-likeness (QED) is 0.688. The van der Waals surface area contributed by atoms with Crippen molar-refractivity contribution in [2.75, 3.05) is 0 Å². The number of aromatic nitrogens is 1. The van der Waals surface area contributed by atoms with E-state index in [1.165, 1.54) is 28.1 Å². The Morgan fingerprint density at radius 3 is 1.72 bits per heavy atom. The van der Waals surface area contributed by atoms with Gasteiger partial charge in [0.05, 0.1) is 0 Å². The van der Waals surface area contributed by atoms with E-state index < -0.39 is 0 Å². The van der Waals surface area contributed by atoms with Gasteiger partial charge in [-0.25, -0.2) is 0 Å². The van der Waals surface area contributed by atoms with Crippen LogP contribution in [0.15, 0.2) is 0 Å². The lowest BCUT2D eigenvalue weighted by Crippen LogP contribution is -2.22. The summed E-state index contributed by atoms with van der Waals surface area (Å²) in [7, 11) is 0. The first kappa shape index (κ1) is 15.2. The maximum Gasteiger partial charge on any atom is 0.0416 e. The summed E-state index contributed by atoms with van der Waals surface area (Å²) in [6, 6.07) is 0. The summed E-state index contributed by atoms with van der Waals surface area (Å²) in [5, 5.41) is 0. The van der Waals surface area contributed by atoms with E-state index >= 15 is 0 Å². The largest absolute Gasteiger partial charge is 0.258 e. The molecule has 0 aliphatic carbocycles. The van der Waals surface area contributed by atoms with Crippen LogP contribution in [0.3, 0.4) is 0 Å². The van der Waals surface area contributed by atoms with Crippen LogP contribution in [0.4, 0.5) is 0 Å². The minimum atomic E-state index is 0.163. The standard InChI is InChI=1S/C17H29N/c1-11-12(2)18-13(3)15(17(7,8)9)14(11)10-16(4,5)6/h10H2,1-9H3. The lowest BCUT2D eigenvalue weighted by molar-refractivity contribution is 0.404. The Balaban J connectivity index is 3.54. The van der Waals surface area contributed by atoms with Gasteiger partial charge in [-0.1, -0.05) is 41.5 Å². The molecule has 1 heteroatoms. The average Bonchev–Trinajstić information content (AvgIpc) is 2.08. The van der Waals surface area contributed by atoms with Gasteiger partial charge in [0.1, 0.15) is 0 Å². The van der Waals surface area contributed by atoms with Crippen molar-refractivity contribution in [1.82, 2.24) is 4.98 Å². The summed E-state index contributed by atoms with van der Waals surface area (Å²) in [5.74, 6) is 0. The molecule has 0 radical (unpaired) electrons. The van der Waals surface area contributed by atoms with Gasteiger partial charge in [-0.15, -0.1) is 0 Å². The number of nitrogens with zero attached hydrogens (tertiary/aromatic N) is 1. The molecule has 1 aromatic heterocycles. The first-order chi connectivity index (χ1) is 7.93. The van der Waals surface area contributed by atoms with Crippen LogP contribution in [0.25, 0.3) is 0 Å². The van der Waals surface area contributed by atoms with Crippen LogP contribution in [-0.4, -0.2) is 4.98 Å². The summed E-state index contributed by atoms with van der Waals surface area (Å²) in [5.41, 5.74) is 7.19. The molecule has 0 spiro atoms.